The first-order valence-electron chi connectivity index (χ1n) is 12.2. The van der Waals surface area contributed by atoms with E-state index in [9.17, 15) is 19.6 Å². The Kier molecular flexibility index (Phi) is 6.19. The van der Waals surface area contributed by atoms with Gasteiger partial charge in [-0.15, -0.1) is 0 Å². The first-order chi connectivity index (χ1) is 16.9. The van der Waals surface area contributed by atoms with Crippen molar-refractivity contribution in [3.05, 3.63) is 23.9 Å². The largest absolute Gasteiger partial charge is 0.488 e. The van der Waals surface area contributed by atoms with Crippen molar-refractivity contribution in [2.45, 2.75) is 50.5 Å². The van der Waals surface area contributed by atoms with Crippen LogP contribution in [0.1, 0.15) is 50.1 Å². The number of hydrogen-bond acceptors (Lipinski definition) is 7. The zero-order chi connectivity index (χ0) is 24.6. The molecule has 0 bridgehead atoms. The molecule has 2 aromatic rings. The van der Waals surface area contributed by atoms with Crippen molar-refractivity contribution in [1.82, 2.24) is 20.0 Å². The number of piperidine rings is 2. The molecule has 5 rings (SSSR count). The number of nitriles is 1. The number of carbonyl (C=O) groups is 3. The lowest BCUT2D eigenvalue weighted by molar-refractivity contribution is -0.145. The molecule has 0 saturated carbocycles. The lowest BCUT2D eigenvalue weighted by Gasteiger charge is -2.38. The standard InChI is InChI=1S/C25H29N5O5/c1-29-22-17(21(28-29)18-5-6-20(31)27-23(18)32)3-2-4-19(22)35-16-7-11-30(12-8-16)24(33)25(15-26)9-13-34-14-10-25/h2-4,16,18H,5-14H2,1H3,(H,27,31,32). The molecule has 35 heavy (non-hydrogen) atoms. The molecule has 184 valence electrons. The van der Waals surface area contributed by atoms with Gasteiger partial charge in [-0.1, -0.05) is 12.1 Å². The molecule has 1 aromatic carbocycles. The molecule has 10 nitrogen and oxygen atoms in total. The van der Waals surface area contributed by atoms with Gasteiger partial charge in [0.05, 0.1) is 17.7 Å². The van der Waals surface area contributed by atoms with E-state index in [-0.39, 0.29) is 23.8 Å². The van der Waals surface area contributed by atoms with E-state index in [4.69, 9.17) is 9.47 Å². The molecular formula is C25H29N5O5. The molecule has 3 amide bonds. The fourth-order valence-electron chi connectivity index (χ4n) is 5.39. The van der Waals surface area contributed by atoms with Crippen molar-refractivity contribution in [1.29, 1.82) is 5.26 Å². The monoisotopic (exact) mass is 479 g/mol. The number of aromatic nitrogens is 2. The van der Waals surface area contributed by atoms with E-state index in [0.717, 1.165) is 10.9 Å². The number of nitrogens with one attached hydrogen (secondary N) is 1. The number of amides is 3. The minimum Gasteiger partial charge on any atom is -0.488 e. The minimum absolute atomic E-state index is 0.0775. The zero-order valence-corrected chi connectivity index (χ0v) is 19.8. The molecule has 0 radical (unpaired) electrons. The van der Waals surface area contributed by atoms with Gasteiger partial charge in [-0.05, 0) is 25.3 Å². The van der Waals surface area contributed by atoms with Crippen LogP contribution in [0.5, 0.6) is 5.75 Å². The first-order valence-corrected chi connectivity index (χ1v) is 12.2. The Bertz CT molecular complexity index is 1200. The quantitative estimate of drug-likeness (QED) is 0.663. The number of ether oxygens (including phenoxy) is 2. The van der Waals surface area contributed by atoms with Crippen LogP contribution in [0, 0.1) is 16.7 Å². The van der Waals surface area contributed by atoms with Gasteiger partial charge in [0.25, 0.3) is 0 Å². The minimum atomic E-state index is -0.974. The molecular weight excluding hydrogens is 450 g/mol. The number of benzene rings is 1. The van der Waals surface area contributed by atoms with Gasteiger partial charge < -0.3 is 14.4 Å². The summed E-state index contributed by atoms with van der Waals surface area (Å²) in [6, 6.07) is 7.96. The van der Waals surface area contributed by atoms with Gasteiger partial charge in [-0.3, -0.25) is 24.4 Å². The maximum atomic E-state index is 13.1. The summed E-state index contributed by atoms with van der Waals surface area (Å²) in [5.74, 6) is -0.455. The Labute approximate surface area is 203 Å². The van der Waals surface area contributed by atoms with E-state index in [1.165, 1.54) is 0 Å². The number of para-hydroxylation sites is 1. The SMILES string of the molecule is Cn1nc(C2CCC(=O)NC2=O)c2cccc(OC3CCN(C(=O)C4(C#N)CCOCC4)CC3)c21. The average molecular weight is 480 g/mol. The molecule has 1 atom stereocenters. The van der Waals surface area contributed by atoms with Gasteiger partial charge in [0.2, 0.25) is 17.7 Å². The first kappa shape index (κ1) is 23.3. The Morgan fingerprint density at radius 3 is 2.66 bits per heavy atom. The molecule has 3 aliphatic heterocycles. The lowest BCUT2D eigenvalue weighted by Crippen LogP contribution is -2.50. The summed E-state index contributed by atoms with van der Waals surface area (Å²) in [4.78, 5) is 38.9. The molecule has 10 heteroatoms. The zero-order valence-electron chi connectivity index (χ0n) is 19.8. The summed E-state index contributed by atoms with van der Waals surface area (Å²) in [5, 5.41) is 17.6. The summed E-state index contributed by atoms with van der Waals surface area (Å²) in [6.07, 6.45) is 2.86. The van der Waals surface area contributed by atoms with Gasteiger partial charge in [-0.25, -0.2) is 0 Å². The second-order valence-corrected chi connectivity index (χ2v) is 9.58. The molecule has 3 aliphatic rings. The Morgan fingerprint density at radius 2 is 1.97 bits per heavy atom. The number of rotatable bonds is 4. The number of fused-ring (bicyclic) bond motifs is 1. The molecule has 3 fully saturated rings. The third-order valence-corrected chi connectivity index (χ3v) is 7.42. The van der Waals surface area contributed by atoms with Crippen LogP contribution in [0.4, 0.5) is 0 Å². The highest BCUT2D eigenvalue weighted by molar-refractivity contribution is 6.03. The summed E-state index contributed by atoms with van der Waals surface area (Å²) < 4.78 is 13.5. The molecule has 1 aromatic heterocycles. The summed E-state index contributed by atoms with van der Waals surface area (Å²) in [6.45, 7) is 1.95. The second kappa shape index (κ2) is 9.30. The fourth-order valence-corrected chi connectivity index (χ4v) is 5.39. The fraction of sp³-hybridized carbons (Fsp3) is 0.560. The van der Waals surface area contributed by atoms with Crippen molar-refractivity contribution < 1.29 is 23.9 Å². The molecule has 1 unspecified atom stereocenters. The smallest absolute Gasteiger partial charge is 0.243 e. The van der Waals surface area contributed by atoms with Crippen molar-refractivity contribution in [2.24, 2.45) is 12.5 Å². The van der Waals surface area contributed by atoms with Gasteiger partial charge in [0.1, 0.15) is 22.8 Å². The molecule has 3 saturated heterocycles. The summed E-state index contributed by atoms with van der Waals surface area (Å²) in [7, 11) is 1.82. The van der Waals surface area contributed by atoms with Crippen LogP contribution in [-0.4, -0.2) is 64.8 Å². The van der Waals surface area contributed by atoms with E-state index in [2.05, 4.69) is 16.5 Å². The maximum absolute atomic E-state index is 13.1. The van der Waals surface area contributed by atoms with E-state index in [0.29, 0.717) is 76.3 Å². The highest BCUT2D eigenvalue weighted by Crippen LogP contribution is 2.36. The van der Waals surface area contributed by atoms with E-state index in [1.807, 2.05) is 25.2 Å². The molecule has 0 aliphatic carbocycles. The van der Waals surface area contributed by atoms with Gasteiger partial charge in [0, 0.05) is 58.0 Å². The third-order valence-electron chi connectivity index (χ3n) is 7.42. The average Bonchev–Trinajstić information content (AvgIpc) is 3.21. The number of hydrogen-bond donors (Lipinski definition) is 1. The highest BCUT2D eigenvalue weighted by Gasteiger charge is 2.44. The van der Waals surface area contributed by atoms with Gasteiger partial charge in [-0.2, -0.15) is 10.4 Å². The van der Waals surface area contributed by atoms with Crippen LogP contribution in [0.3, 0.4) is 0 Å². The number of aryl methyl sites for hydroxylation is 1. The van der Waals surface area contributed by atoms with Crippen molar-refractivity contribution in [3.63, 3.8) is 0 Å². The van der Waals surface area contributed by atoms with Crippen LogP contribution in [-0.2, 0) is 26.2 Å². The number of imide groups is 1. The van der Waals surface area contributed by atoms with Crippen LogP contribution in [0.2, 0.25) is 0 Å². The van der Waals surface area contributed by atoms with Crippen LogP contribution < -0.4 is 10.1 Å². The normalized spacial score (nSPS) is 23.1. The number of carbonyl (C=O) groups excluding carboxylic acids is 3. The Balaban J connectivity index is 1.29. The van der Waals surface area contributed by atoms with Crippen LogP contribution in [0.25, 0.3) is 10.9 Å². The van der Waals surface area contributed by atoms with Crippen molar-refractivity contribution >= 4 is 28.6 Å². The summed E-state index contributed by atoms with van der Waals surface area (Å²) >= 11 is 0. The number of likely N-dealkylation sites (tertiary alicyclic amines) is 1. The predicted molar refractivity (Wildman–Crippen MR) is 124 cm³/mol. The van der Waals surface area contributed by atoms with E-state index in [1.54, 1.807) is 9.58 Å². The Morgan fingerprint density at radius 1 is 1.23 bits per heavy atom. The van der Waals surface area contributed by atoms with E-state index >= 15 is 0 Å². The van der Waals surface area contributed by atoms with Crippen molar-refractivity contribution in [3.8, 4) is 11.8 Å². The second-order valence-electron chi connectivity index (χ2n) is 9.58. The van der Waals surface area contributed by atoms with Gasteiger partial charge in [0.15, 0.2) is 0 Å². The topological polar surface area (TPSA) is 127 Å². The lowest BCUT2D eigenvalue weighted by atomic mass is 9.80. The molecule has 0 spiro atoms. The van der Waals surface area contributed by atoms with E-state index < -0.39 is 11.3 Å². The van der Waals surface area contributed by atoms with Crippen LogP contribution >= 0.6 is 0 Å². The van der Waals surface area contributed by atoms with Crippen molar-refractivity contribution in [2.75, 3.05) is 26.3 Å². The molecule has 4 heterocycles. The molecule has 1 N–H and O–H groups in total. The maximum Gasteiger partial charge on any atom is 0.243 e. The van der Waals surface area contributed by atoms with Crippen LogP contribution in [0.15, 0.2) is 18.2 Å². The summed E-state index contributed by atoms with van der Waals surface area (Å²) in [5.41, 5.74) is 0.478. The Hall–Kier alpha value is -3.45. The highest BCUT2D eigenvalue weighted by atomic mass is 16.5. The third kappa shape index (κ3) is 4.25. The number of nitrogens with zero attached hydrogens (tertiary/aromatic N) is 4. The van der Waals surface area contributed by atoms with Gasteiger partial charge >= 0.3 is 0 Å². The predicted octanol–water partition coefficient (Wildman–Crippen LogP) is 1.78.